The summed E-state index contributed by atoms with van der Waals surface area (Å²) in [5, 5.41) is 18.2. The number of H-pyrrole nitrogens is 1. The first kappa shape index (κ1) is 63.9. The topological polar surface area (TPSA) is 218 Å². The molecule has 3 saturated heterocycles. The zero-order valence-corrected chi connectivity index (χ0v) is 53.7. The lowest BCUT2D eigenvalue weighted by atomic mass is 9.82. The molecule has 13 rings (SSSR count). The van der Waals surface area contributed by atoms with E-state index >= 15 is 8.78 Å². The molecule has 3 N–H and O–H groups in total. The molecule has 20 nitrogen and oxygen atoms in total. The van der Waals surface area contributed by atoms with Crippen molar-refractivity contribution in [3.63, 3.8) is 0 Å². The Morgan fingerprint density at radius 2 is 1.18 bits per heavy atom. The maximum atomic E-state index is 15.3. The van der Waals surface area contributed by atoms with Gasteiger partial charge in [0, 0.05) is 134 Å². The number of nitrogens with zero attached hydrogens (tertiary/aromatic N) is 11. The van der Waals surface area contributed by atoms with Crippen LogP contribution in [0.25, 0.3) is 55.7 Å². The van der Waals surface area contributed by atoms with Crippen molar-refractivity contribution < 1.29 is 45.9 Å². The number of carbonyl (C=O) groups excluding carboxylic acids is 1. The summed E-state index contributed by atoms with van der Waals surface area (Å²) < 4.78 is 88.7. The molecule has 470 valence electrons. The Bertz CT molecular complexity index is 4250. The second kappa shape index (κ2) is 26.6. The molecule has 0 amide bonds. The Kier molecular flexibility index (Phi) is 18.7. The van der Waals surface area contributed by atoms with Gasteiger partial charge in [-0.15, -0.1) is 0 Å². The lowest BCUT2D eigenvalue weighted by Gasteiger charge is -2.32. The summed E-state index contributed by atoms with van der Waals surface area (Å²) in [6.45, 7) is 22.5. The van der Waals surface area contributed by atoms with Gasteiger partial charge in [-0.25, -0.2) is 42.3 Å². The van der Waals surface area contributed by atoms with Gasteiger partial charge in [0.25, 0.3) is 0 Å². The number of hydrogen-bond donors (Lipinski definition) is 3. The SMILES string of the molecule is CC(C)(C)OC(=O)n1cc(B2OC(C)(C)C(C)(C)O2)cn1.Cc1c(-c2ccccn2)nc2cc(F)cc(F)c2c1Nc1cc(N2CCOCC2)ncc1-c1cn[nH]c1.Cc1c(-c2ccccn2)nc2cc(F)cc(F)c2c1Nc1cc(N2CCOCC2)ncc1I. The highest BCUT2D eigenvalue weighted by molar-refractivity contribution is 14.1. The third-order valence-electron chi connectivity index (χ3n) is 15.7. The molecule has 0 bridgehead atoms. The first-order valence-electron chi connectivity index (χ1n) is 29.4. The number of pyridine rings is 6. The van der Waals surface area contributed by atoms with Gasteiger partial charge in [0.05, 0.1) is 115 Å². The fourth-order valence-electron chi connectivity index (χ4n) is 10.4. The summed E-state index contributed by atoms with van der Waals surface area (Å²) in [5.74, 6) is -1.17. The smallest absolute Gasteiger partial charge is 0.442 e. The Hall–Kier alpha value is -8.70. The molecule has 0 radical (unpaired) electrons. The van der Waals surface area contributed by atoms with E-state index in [1.165, 1.54) is 12.1 Å². The molecule has 10 aromatic rings. The molecule has 0 atom stereocenters. The molecule has 3 aliphatic rings. The maximum absolute atomic E-state index is 15.3. The van der Waals surface area contributed by atoms with Crippen molar-refractivity contribution in [3.05, 3.63) is 160 Å². The zero-order valence-electron chi connectivity index (χ0n) is 51.5. The molecule has 11 heterocycles. The summed E-state index contributed by atoms with van der Waals surface area (Å²) in [7, 11) is -0.536. The highest BCUT2D eigenvalue weighted by Gasteiger charge is 2.52. The molecular formula is C65H66BF4IN14O6. The summed E-state index contributed by atoms with van der Waals surface area (Å²) in [5.41, 5.74) is 7.49. The van der Waals surface area contributed by atoms with Crippen molar-refractivity contribution in [3.8, 4) is 33.9 Å². The predicted octanol–water partition coefficient (Wildman–Crippen LogP) is 12.7. The van der Waals surface area contributed by atoms with Crippen molar-refractivity contribution in [2.75, 3.05) is 73.0 Å². The minimum absolute atomic E-state index is 0.193. The average molecular weight is 1350 g/mol. The van der Waals surface area contributed by atoms with E-state index in [2.05, 4.69) is 88.2 Å². The van der Waals surface area contributed by atoms with Crippen molar-refractivity contribution in [2.24, 2.45) is 0 Å². The summed E-state index contributed by atoms with van der Waals surface area (Å²) in [6.07, 6.45) is 13.0. The molecule has 0 spiro atoms. The van der Waals surface area contributed by atoms with Crippen LogP contribution in [0, 0.1) is 40.7 Å². The van der Waals surface area contributed by atoms with E-state index in [-0.39, 0.29) is 21.8 Å². The molecule has 3 fully saturated rings. The van der Waals surface area contributed by atoms with Gasteiger partial charge >= 0.3 is 13.2 Å². The van der Waals surface area contributed by atoms with E-state index in [1.54, 1.807) is 55.6 Å². The lowest BCUT2D eigenvalue weighted by molar-refractivity contribution is 0.00578. The van der Waals surface area contributed by atoms with E-state index in [4.69, 9.17) is 23.5 Å². The second-order valence-corrected chi connectivity index (χ2v) is 24.9. The standard InChI is InChI=1S/C27H23F2N7O.C24H20F2IN5O.C14H23BN2O4/c1-16-26(21-4-2-3-5-30-21)35-23-11-18(28)10-20(29)25(23)27(16)34-22-12-24(36-6-8-37-9-7-36)31-15-19(22)17-13-32-33-14-17;1-14-23(18-4-2-3-5-28-18)31-20-11-15(25)10-16(26)22(20)24(14)30-19-12-21(29-13-17(19)27)32-6-8-33-9-7-32;1-12(2,3)19-11(18)17-9-10(8-16-17)15-20-13(4,5)14(6,7)21-15/h2-5,10-15H,6-9H2,1H3,(H,32,33)(H,31,34,35);2-5,10-13H,6-9H2,1H3,(H,29,30,31);8-9H,1-7H3. The third-order valence-corrected chi connectivity index (χ3v) is 16.6. The number of ether oxygens (including phenoxy) is 3. The van der Waals surface area contributed by atoms with Crippen LogP contribution in [0.1, 0.15) is 59.6 Å². The van der Waals surface area contributed by atoms with Crippen molar-refractivity contribution in [1.82, 2.24) is 49.9 Å². The molecular weight excluding hydrogens is 1290 g/mol. The summed E-state index contributed by atoms with van der Waals surface area (Å²) in [4.78, 5) is 43.5. The van der Waals surface area contributed by atoms with Crippen LogP contribution in [0.2, 0.25) is 0 Å². The molecule has 3 aliphatic heterocycles. The molecule has 0 unspecified atom stereocenters. The van der Waals surface area contributed by atoms with Crippen LogP contribution >= 0.6 is 22.6 Å². The first-order valence-corrected chi connectivity index (χ1v) is 30.5. The van der Waals surface area contributed by atoms with Gasteiger partial charge in [-0.3, -0.25) is 15.1 Å². The highest BCUT2D eigenvalue weighted by Crippen LogP contribution is 2.42. The van der Waals surface area contributed by atoms with E-state index in [1.807, 2.05) is 105 Å². The van der Waals surface area contributed by atoms with Crippen LogP contribution in [-0.4, -0.2) is 133 Å². The van der Waals surface area contributed by atoms with E-state index in [0.717, 1.165) is 61.9 Å². The molecule has 0 aliphatic carbocycles. The molecule has 26 heteroatoms. The Labute approximate surface area is 536 Å². The van der Waals surface area contributed by atoms with Gasteiger partial charge in [0.1, 0.15) is 40.5 Å². The van der Waals surface area contributed by atoms with E-state index < -0.39 is 53.3 Å². The Morgan fingerprint density at radius 1 is 0.670 bits per heavy atom. The number of hydrogen-bond acceptors (Lipinski definition) is 18. The van der Waals surface area contributed by atoms with E-state index in [9.17, 15) is 13.6 Å². The fourth-order valence-corrected chi connectivity index (χ4v) is 10.8. The fraction of sp³-hybridized carbons (Fsp3) is 0.308. The number of nitrogens with one attached hydrogen (secondary N) is 3. The highest BCUT2D eigenvalue weighted by atomic mass is 127. The number of aromatic nitrogens is 10. The summed E-state index contributed by atoms with van der Waals surface area (Å²) in [6, 6.07) is 19.1. The van der Waals surface area contributed by atoms with Gasteiger partial charge in [-0.1, -0.05) is 12.1 Å². The predicted molar refractivity (Wildman–Crippen MR) is 350 cm³/mol. The number of anilines is 6. The van der Waals surface area contributed by atoms with Crippen molar-refractivity contribution in [1.29, 1.82) is 0 Å². The molecule has 0 saturated carbocycles. The number of rotatable bonds is 10. The minimum Gasteiger partial charge on any atom is -0.442 e. The third kappa shape index (κ3) is 14.3. The van der Waals surface area contributed by atoms with Crippen molar-refractivity contribution in [2.45, 2.75) is 79.1 Å². The maximum Gasteiger partial charge on any atom is 0.498 e. The molecule has 8 aromatic heterocycles. The van der Waals surface area contributed by atoms with Crippen LogP contribution in [0.15, 0.2) is 122 Å². The Morgan fingerprint density at radius 3 is 1.66 bits per heavy atom. The van der Waals surface area contributed by atoms with Gasteiger partial charge in [-0.2, -0.15) is 14.9 Å². The largest absolute Gasteiger partial charge is 0.498 e. The second-order valence-electron chi connectivity index (χ2n) is 23.7. The number of aromatic amines is 1. The van der Waals surface area contributed by atoms with Crippen LogP contribution < -0.4 is 25.9 Å². The summed E-state index contributed by atoms with van der Waals surface area (Å²) >= 11 is 2.19. The van der Waals surface area contributed by atoms with Crippen molar-refractivity contribution >= 4 is 97.5 Å². The monoisotopic (exact) mass is 1350 g/mol. The minimum atomic E-state index is -0.701. The number of morpholine rings is 2. The van der Waals surface area contributed by atoms with Crippen LogP contribution in [0.3, 0.4) is 0 Å². The van der Waals surface area contributed by atoms with Crippen LogP contribution in [0.5, 0.6) is 0 Å². The van der Waals surface area contributed by atoms with E-state index in [0.29, 0.717) is 95.9 Å². The van der Waals surface area contributed by atoms with Gasteiger partial charge in [0.2, 0.25) is 0 Å². The van der Waals surface area contributed by atoms with Gasteiger partial charge in [0.15, 0.2) is 0 Å². The quantitative estimate of drug-likeness (QED) is 0.0659. The first-order chi connectivity index (χ1) is 43.5. The number of fused-ring (bicyclic) bond motifs is 2. The van der Waals surface area contributed by atoms with Gasteiger partial charge in [-0.05, 0) is 109 Å². The normalized spacial score (nSPS) is 15.4. The molecule has 91 heavy (non-hydrogen) atoms. The number of halogens is 5. The number of carbonyl (C=O) groups is 1. The average Bonchev–Trinajstić information content (AvgIpc) is 1.27. The number of benzene rings is 2. The van der Waals surface area contributed by atoms with Crippen LogP contribution in [-0.2, 0) is 23.5 Å². The Balaban J connectivity index is 0.000000146. The lowest BCUT2D eigenvalue weighted by Crippen LogP contribution is -2.41. The molecule has 2 aromatic carbocycles. The van der Waals surface area contributed by atoms with Gasteiger partial charge < -0.3 is 44.0 Å². The van der Waals surface area contributed by atoms with Crippen LogP contribution in [0.4, 0.5) is 56.7 Å². The zero-order chi connectivity index (χ0) is 64.4.